The quantitative estimate of drug-likeness (QED) is 0.416. The number of hydrogen-bond donors (Lipinski definition) is 1. The monoisotopic (exact) mass is 385 g/mol. The van der Waals surface area contributed by atoms with Crippen molar-refractivity contribution in [1.29, 1.82) is 0 Å². The van der Waals surface area contributed by atoms with Gasteiger partial charge in [0, 0.05) is 22.8 Å². The van der Waals surface area contributed by atoms with E-state index in [0.29, 0.717) is 39.8 Å². The fraction of sp³-hybridized carbons (Fsp3) is 0.318. The Morgan fingerprint density at radius 2 is 1.43 bits per heavy atom. The Labute approximate surface area is 165 Å². The highest BCUT2D eigenvalue weighted by atomic mass is 16.5. The van der Waals surface area contributed by atoms with Gasteiger partial charge in [-0.15, -0.1) is 0 Å². The zero-order valence-corrected chi connectivity index (χ0v) is 17.2. The molecule has 0 heterocycles. The van der Waals surface area contributed by atoms with Crippen LogP contribution in [0.15, 0.2) is 35.9 Å². The molecule has 0 aliphatic rings. The average molecular weight is 385 g/mol. The minimum absolute atomic E-state index is 0.0196. The molecule has 2 rings (SSSR count). The van der Waals surface area contributed by atoms with E-state index in [9.17, 15) is 4.79 Å². The Balaban J connectivity index is 2.57. The number of methoxy groups -OCH3 is 4. The van der Waals surface area contributed by atoms with Crippen LogP contribution in [0.3, 0.4) is 0 Å². The molecule has 6 heteroatoms. The Morgan fingerprint density at radius 1 is 0.857 bits per heavy atom. The standard InChI is InChI=1S/C22H27NO5/c1-13(2)16(22(24)14-7-8-17(23)19(10-14)26-4)9-15-11-20(27-5)21(28-6)12-18(15)25-3/h7-13H,23H2,1-6H3/b16-9+. The first kappa shape index (κ1) is 21.2. The van der Waals surface area contributed by atoms with Crippen molar-refractivity contribution in [1.82, 2.24) is 0 Å². The molecule has 0 bridgehead atoms. The minimum atomic E-state index is -0.106. The Hall–Kier alpha value is -3.15. The molecule has 0 saturated heterocycles. The molecular weight excluding hydrogens is 358 g/mol. The predicted octanol–water partition coefficient (Wildman–Crippen LogP) is 4.23. The van der Waals surface area contributed by atoms with E-state index in [1.807, 2.05) is 19.9 Å². The summed E-state index contributed by atoms with van der Waals surface area (Å²) in [6.45, 7) is 3.93. The van der Waals surface area contributed by atoms with Gasteiger partial charge in [0.05, 0.1) is 34.1 Å². The highest BCUT2D eigenvalue weighted by Crippen LogP contribution is 2.36. The molecule has 0 saturated carbocycles. The molecule has 0 fully saturated rings. The van der Waals surface area contributed by atoms with E-state index < -0.39 is 0 Å². The van der Waals surface area contributed by atoms with Crippen LogP contribution in [-0.2, 0) is 0 Å². The number of allylic oxidation sites excluding steroid dienone is 1. The van der Waals surface area contributed by atoms with Crippen molar-refractivity contribution in [2.24, 2.45) is 5.92 Å². The number of nitrogens with two attached hydrogens (primary N) is 1. The SMILES string of the molecule is COc1cc(C(=O)/C(=C/c2cc(OC)c(OC)cc2OC)C(C)C)ccc1N. The summed E-state index contributed by atoms with van der Waals surface area (Å²) < 4.78 is 21.4. The maximum absolute atomic E-state index is 13.2. The second-order valence-corrected chi connectivity index (χ2v) is 6.49. The van der Waals surface area contributed by atoms with Gasteiger partial charge in [-0.05, 0) is 36.3 Å². The normalized spacial score (nSPS) is 11.3. The molecule has 150 valence electrons. The van der Waals surface area contributed by atoms with Gasteiger partial charge in [-0.1, -0.05) is 13.8 Å². The summed E-state index contributed by atoms with van der Waals surface area (Å²) in [5.74, 6) is 2.03. The van der Waals surface area contributed by atoms with Crippen LogP contribution in [0.2, 0.25) is 0 Å². The fourth-order valence-corrected chi connectivity index (χ4v) is 2.85. The van der Waals surface area contributed by atoms with E-state index in [1.165, 1.54) is 7.11 Å². The lowest BCUT2D eigenvalue weighted by Crippen LogP contribution is -2.10. The fourth-order valence-electron chi connectivity index (χ4n) is 2.85. The molecule has 28 heavy (non-hydrogen) atoms. The highest BCUT2D eigenvalue weighted by molar-refractivity contribution is 6.12. The van der Waals surface area contributed by atoms with Crippen molar-refractivity contribution in [2.45, 2.75) is 13.8 Å². The van der Waals surface area contributed by atoms with Crippen molar-refractivity contribution in [2.75, 3.05) is 34.2 Å². The number of carbonyl (C=O) groups excluding carboxylic acids is 1. The second kappa shape index (κ2) is 9.17. The van der Waals surface area contributed by atoms with Crippen molar-refractivity contribution >= 4 is 17.5 Å². The van der Waals surface area contributed by atoms with E-state index in [-0.39, 0.29) is 11.7 Å². The minimum Gasteiger partial charge on any atom is -0.496 e. The van der Waals surface area contributed by atoms with E-state index in [2.05, 4.69) is 0 Å². The number of carbonyl (C=O) groups is 1. The topological polar surface area (TPSA) is 80.0 Å². The lowest BCUT2D eigenvalue weighted by Gasteiger charge is -2.15. The van der Waals surface area contributed by atoms with Gasteiger partial charge in [-0.3, -0.25) is 4.79 Å². The largest absolute Gasteiger partial charge is 0.496 e. The van der Waals surface area contributed by atoms with Crippen molar-refractivity contribution in [3.05, 3.63) is 47.0 Å². The Bertz CT molecular complexity index is 887. The van der Waals surface area contributed by atoms with E-state index in [0.717, 1.165) is 5.56 Å². The molecular formula is C22H27NO5. The smallest absolute Gasteiger partial charge is 0.189 e. The van der Waals surface area contributed by atoms with E-state index in [1.54, 1.807) is 51.7 Å². The van der Waals surface area contributed by atoms with Gasteiger partial charge in [0.1, 0.15) is 11.5 Å². The molecule has 2 aromatic rings. The Kier molecular flexibility index (Phi) is 6.93. The second-order valence-electron chi connectivity index (χ2n) is 6.49. The van der Waals surface area contributed by atoms with Crippen LogP contribution in [0, 0.1) is 5.92 Å². The highest BCUT2D eigenvalue weighted by Gasteiger charge is 2.19. The summed E-state index contributed by atoms with van der Waals surface area (Å²) in [6.07, 6.45) is 1.82. The van der Waals surface area contributed by atoms with E-state index in [4.69, 9.17) is 24.7 Å². The first-order valence-corrected chi connectivity index (χ1v) is 8.86. The predicted molar refractivity (Wildman–Crippen MR) is 111 cm³/mol. The van der Waals surface area contributed by atoms with Gasteiger partial charge in [-0.2, -0.15) is 0 Å². The van der Waals surface area contributed by atoms with Crippen molar-refractivity contribution < 1.29 is 23.7 Å². The van der Waals surface area contributed by atoms with Gasteiger partial charge in [0.2, 0.25) is 0 Å². The number of hydrogen-bond acceptors (Lipinski definition) is 6. The molecule has 2 aromatic carbocycles. The van der Waals surface area contributed by atoms with Crippen LogP contribution in [0.4, 0.5) is 5.69 Å². The molecule has 0 amide bonds. The summed E-state index contributed by atoms with van der Waals surface area (Å²) >= 11 is 0. The number of Topliss-reactive ketones (excluding diaryl/α,β-unsaturated/α-hetero) is 1. The summed E-state index contributed by atoms with van der Waals surface area (Å²) in [5, 5.41) is 0. The van der Waals surface area contributed by atoms with Crippen LogP contribution in [0.5, 0.6) is 23.0 Å². The zero-order valence-electron chi connectivity index (χ0n) is 17.2. The maximum Gasteiger partial charge on any atom is 0.189 e. The molecule has 0 aromatic heterocycles. The van der Waals surface area contributed by atoms with Crippen LogP contribution in [0.1, 0.15) is 29.8 Å². The number of nitrogen functional groups attached to an aromatic ring is 1. The van der Waals surface area contributed by atoms with Crippen LogP contribution >= 0.6 is 0 Å². The summed E-state index contributed by atoms with van der Waals surface area (Å²) in [4.78, 5) is 13.2. The van der Waals surface area contributed by atoms with E-state index >= 15 is 0 Å². The number of anilines is 1. The molecule has 0 spiro atoms. The lowest BCUT2D eigenvalue weighted by molar-refractivity contribution is 0.102. The van der Waals surface area contributed by atoms with Gasteiger partial charge in [0.25, 0.3) is 0 Å². The third kappa shape index (κ3) is 4.39. The lowest BCUT2D eigenvalue weighted by atomic mass is 9.92. The van der Waals surface area contributed by atoms with Crippen molar-refractivity contribution in [3.8, 4) is 23.0 Å². The third-order valence-electron chi connectivity index (χ3n) is 4.43. The number of benzene rings is 2. The molecule has 2 N–H and O–H groups in total. The first-order valence-electron chi connectivity index (χ1n) is 8.86. The van der Waals surface area contributed by atoms with Gasteiger partial charge in [0.15, 0.2) is 17.3 Å². The summed E-state index contributed by atoms with van der Waals surface area (Å²) in [7, 11) is 6.21. The number of rotatable bonds is 8. The van der Waals surface area contributed by atoms with Gasteiger partial charge >= 0.3 is 0 Å². The van der Waals surface area contributed by atoms with Gasteiger partial charge < -0.3 is 24.7 Å². The van der Waals surface area contributed by atoms with Crippen molar-refractivity contribution in [3.63, 3.8) is 0 Å². The average Bonchev–Trinajstić information content (AvgIpc) is 2.70. The van der Waals surface area contributed by atoms with Gasteiger partial charge in [-0.25, -0.2) is 0 Å². The zero-order chi connectivity index (χ0) is 20.8. The Morgan fingerprint density at radius 3 is 1.96 bits per heavy atom. The maximum atomic E-state index is 13.2. The number of ether oxygens (including phenoxy) is 4. The molecule has 0 unspecified atom stereocenters. The third-order valence-corrected chi connectivity index (χ3v) is 4.43. The summed E-state index contributed by atoms with van der Waals surface area (Å²) in [5.41, 5.74) is 8.20. The molecule has 0 aliphatic heterocycles. The molecule has 0 radical (unpaired) electrons. The van der Waals surface area contributed by atoms with Crippen LogP contribution in [-0.4, -0.2) is 34.2 Å². The molecule has 0 aliphatic carbocycles. The molecule has 6 nitrogen and oxygen atoms in total. The van der Waals surface area contributed by atoms with Crippen LogP contribution in [0.25, 0.3) is 6.08 Å². The summed E-state index contributed by atoms with van der Waals surface area (Å²) in [6, 6.07) is 8.54. The number of ketones is 1. The molecule has 0 atom stereocenters. The first-order chi connectivity index (χ1) is 13.4. The van der Waals surface area contributed by atoms with Crippen LogP contribution < -0.4 is 24.7 Å².